The Balaban J connectivity index is -0.0000000647. The summed E-state index contributed by atoms with van der Waals surface area (Å²) < 4.78 is 0. The summed E-state index contributed by atoms with van der Waals surface area (Å²) in [5.41, 5.74) is 0. The maximum Gasteiger partial charge on any atom is 0.0606 e. The van der Waals surface area contributed by atoms with Crippen LogP contribution < -0.4 is 0 Å². The van der Waals surface area contributed by atoms with E-state index in [9.17, 15) is 0 Å². The van der Waals surface area contributed by atoms with Gasteiger partial charge in [0.05, 0.1) is 7.85 Å². The van der Waals surface area contributed by atoms with E-state index in [0.29, 0.717) is 6.61 Å². The van der Waals surface area contributed by atoms with Crippen LogP contribution in [0.5, 0.6) is 0 Å². The second-order valence-corrected chi connectivity index (χ2v) is 1.91. The second kappa shape index (κ2) is 51.1. The first kappa shape index (κ1) is 23.8. The summed E-state index contributed by atoms with van der Waals surface area (Å²) >= 11 is 0. The predicted octanol–water partition coefficient (Wildman–Crippen LogP) is 2.50. The number of aliphatic hydroxyl groups is 2. The quantitative estimate of drug-likeness (QED) is 0.427. The van der Waals surface area contributed by atoms with Crippen LogP contribution >= 0.6 is 0 Å². The summed E-state index contributed by atoms with van der Waals surface area (Å²) in [5, 5.41) is 14.9. The molecule has 0 saturated carbocycles. The molecule has 0 aliphatic rings. The van der Waals surface area contributed by atoms with Crippen molar-refractivity contribution < 1.29 is 10.2 Å². The highest BCUT2D eigenvalue weighted by Gasteiger charge is 1.59. The Bertz CT molecular complexity index is 110. The largest absolute Gasteiger partial charge is 0.400 e. The van der Waals surface area contributed by atoms with Gasteiger partial charge in [-0.15, -0.1) is 6.58 Å². The molecule has 0 bridgehead atoms. The molecule has 0 heterocycles. The van der Waals surface area contributed by atoms with Gasteiger partial charge >= 0.3 is 0 Å². The van der Waals surface area contributed by atoms with E-state index in [2.05, 4.69) is 21.0 Å². The minimum Gasteiger partial charge on any atom is -0.400 e. The summed E-state index contributed by atoms with van der Waals surface area (Å²) in [6.45, 7) is 10.8. The maximum absolute atomic E-state index is 7.88. The molecule has 0 amide bonds. The van der Waals surface area contributed by atoms with Gasteiger partial charge in [0, 0.05) is 13.7 Å². The van der Waals surface area contributed by atoms with Crippen LogP contribution in [0.1, 0.15) is 19.8 Å². The summed E-state index contributed by atoms with van der Waals surface area (Å²) in [6, 6.07) is 0. The van der Waals surface area contributed by atoms with E-state index in [4.69, 9.17) is 10.2 Å². The van der Waals surface area contributed by atoms with Crippen molar-refractivity contribution in [2.45, 2.75) is 26.6 Å². The van der Waals surface area contributed by atoms with E-state index in [1.807, 2.05) is 25.2 Å². The fourth-order valence-electron chi connectivity index (χ4n) is 0.271. The minimum absolute atomic E-state index is 0.319. The molecule has 0 aromatic carbocycles. The standard InChI is InChI=1S/C7H10.C3H8O.CH3B.CH4O/c1-3-5-7-6-4-2;1-2-3-4;2*1-2/h3-5,7H,1-2,6H2;4H,2-3H2,1H3;1H3;2H,1H3/b7-5-;;;. The third-order valence-electron chi connectivity index (χ3n) is 0.799. The Labute approximate surface area is 96.4 Å². The van der Waals surface area contributed by atoms with Gasteiger partial charge in [0.15, 0.2) is 0 Å². The molecule has 88 valence electrons. The first-order chi connectivity index (χ1) is 7.33. The Kier molecular flexibility index (Phi) is 81.0. The van der Waals surface area contributed by atoms with Crippen molar-refractivity contribution >= 4 is 7.85 Å². The van der Waals surface area contributed by atoms with Crippen LogP contribution in [0.25, 0.3) is 0 Å². The molecule has 0 saturated heterocycles. The zero-order chi connectivity index (χ0) is 12.9. The molecule has 0 aliphatic carbocycles. The van der Waals surface area contributed by atoms with Gasteiger partial charge in [-0.2, -0.15) is 0 Å². The third kappa shape index (κ3) is 93.8. The second-order valence-electron chi connectivity index (χ2n) is 1.91. The lowest BCUT2D eigenvalue weighted by Crippen LogP contribution is -1.69. The van der Waals surface area contributed by atoms with E-state index in [0.717, 1.165) is 20.0 Å². The van der Waals surface area contributed by atoms with Gasteiger partial charge in [-0.25, -0.2) is 0 Å². The van der Waals surface area contributed by atoms with Crippen molar-refractivity contribution in [2.75, 3.05) is 13.7 Å². The van der Waals surface area contributed by atoms with Gasteiger partial charge < -0.3 is 10.2 Å². The molecule has 0 aliphatic heterocycles. The van der Waals surface area contributed by atoms with Crippen molar-refractivity contribution in [1.82, 2.24) is 0 Å². The first-order valence-corrected chi connectivity index (χ1v) is 4.85. The molecule has 0 fully saturated rings. The summed E-state index contributed by atoms with van der Waals surface area (Å²) in [5.74, 6) is 0. The smallest absolute Gasteiger partial charge is 0.0606 e. The molecule has 0 atom stereocenters. The number of hydrogen-bond donors (Lipinski definition) is 2. The van der Waals surface area contributed by atoms with Crippen LogP contribution in [-0.4, -0.2) is 31.8 Å². The van der Waals surface area contributed by atoms with E-state index < -0.39 is 0 Å². The lowest BCUT2D eigenvalue weighted by molar-refractivity contribution is 0.295. The van der Waals surface area contributed by atoms with Gasteiger partial charge in [-0.1, -0.05) is 44.6 Å². The van der Waals surface area contributed by atoms with E-state index in [-0.39, 0.29) is 0 Å². The van der Waals surface area contributed by atoms with Gasteiger partial charge in [-0.3, -0.25) is 0 Å². The Morgan fingerprint density at radius 2 is 1.60 bits per heavy atom. The van der Waals surface area contributed by atoms with E-state index in [1.54, 1.807) is 6.08 Å². The van der Waals surface area contributed by atoms with Gasteiger partial charge in [0.25, 0.3) is 0 Å². The highest BCUT2D eigenvalue weighted by molar-refractivity contribution is 6.05. The van der Waals surface area contributed by atoms with E-state index in [1.165, 1.54) is 6.82 Å². The zero-order valence-electron chi connectivity index (χ0n) is 10.3. The van der Waals surface area contributed by atoms with Crippen molar-refractivity contribution in [3.8, 4) is 0 Å². The number of aliphatic hydroxyl groups excluding tert-OH is 2. The molecule has 15 heavy (non-hydrogen) atoms. The summed E-state index contributed by atoms with van der Waals surface area (Å²) in [4.78, 5) is 0. The molecular weight excluding hydrogens is 187 g/mol. The molecule has 2 radical (unpaired) electrons. The highest BCUT2D eigenvalue weighted by Crippen LogP contribution is 1.81. The fourth-order valence-corrected chi connectivity index (χ4v) is 0.271. The Morgan fingerprint density at radius 1 is 1.20 bits per heavy atom. The van der Waals surface area contributed by atoms with Crippen molar-refractivity contribution in [3.63, 3.8) is 0 Å². The lowest BCUT2D eigenvalue weighted by atomic mass is 10.2. The average Bonchev–Trinajstić information content (AvgIpc) is 2.35. The van der Waals surface area contributed by atoms with Crippen LogP contribution in [0.15, 0.2) is 37.5 Å². The Morgan fingerprint density at radius 3 is 1.80 bits per heavy atom. The molecule has 0 unspecified atom stereocenters. The van der Waals surface area contributed by atoms with Gasteiger partial charge in [-0.05, 0) is 12.8 Å². The molecule has 2 N–H and O–H groups in total. The normalized spacial score (nSPS) is 7.00. The van der Waals surface area contributed by atoms with E-state index >= 15 is 0 Å². The van der Waals surface area contributed by atoms with Gasteiger partial charge in [0.2, 0.25) is 0 Å². The monoisotopic (exact) mass is 212 g/mol. The topological polar surface area (TPSA) is 40.5 Å². The number of allylic oxidation sites excluding steroid dienone is 4. The van der Waals surface area contributed by atoms with Gasteiger partial charge in [0.1, 0.15) is 0 Å². The third-order valence-corrected chi connectivity index (χ3v) is 0.799. The van der Waals surface area contributed by atoms with Crippen LogP contribution in [0.4, 0.5) is 0 Å². The fraction of sp³-hybridized carbons (Fsp3) is 0.500. The SMILES string of the molecule is C=C/C=C\CC=C.CCCO.CO.[B]C. The minimum atomic E-state index is 0.319. The predicted molar refractivity (Wildman–Crippen MR) is 71.3 cm³/mol. The van der Waals surface area contributed by atoms with Crippen molar-refractivity contribution in [2.24, 2.45) is 0 Å². The first-order valence-electron chi connectivity index (χ1n) is 4.85. The molecule has 0 aromatic heterocycles. The van der Waals surface area contributed by atoms with Crippen LogP contribution in [0, 0.1) is 0 Å². The number of rotatable bonds is 4. The maximum atomic E-state index is 7.88. The number of hydrogen-bond acceptors (Lipinski definition) is 2. The molecule has 2 nitrogen and oxygen atoms in total. The van der Waals surface area contributed by atoms with Crippen LogP contribution in [0.2, 0.25) is 6.82 Å². The Hall–Kier alpha value is -0.795. The molecular formula is C12H25BO2. The van der Waals surface area contributed by atoms with Crippen LogP contribution in [0.3, 0.4) is 0 Å². The molecule has 0 aromatic rings. The lowest BCUT2D eigenvalue weighted by Gasteiger charge is -1.71. The summed E-state index contributed by atoms with van der Waals surface area (Å²) in [7, 11) is 5.50. The molecule has 0 rings (SSSR count). The average molecular weight is 212 g/mol. The molecule has 0 spiro atoms. The highest BCUT2D eigenvalue weighted by atomic mass is 16.3. The summed E-state index contributed by atoms with van der Waals surface area (Å²) in [6.07, 6.45) is 9.32. The van der Waals surface area contributed by atoms with Crippen molar-refractivity contribution in [3.05, 3.63) is 37.5 Å². The zero-order valence-corrected chi connectivity index (χ0v) is 10.3. The molecule has 3 heteroatoms. The van der Waals surface area contributed by atoms with Crippen LogP contribution in [-0.2, 0) is 0 Å². The van der Waals surface area contributed by atoms with Crippen molar-refractivity contribution in [1.29, 1.82) is 0 Å².